The zero-order valence-electron chi connectivity index (χ0n) is 15.2. The highest BCUT2D eigenvalue weighted by atomic mass is 16.7. The summed E-state index contributed by atoms with van der Waals surface area (Å²) in [6, 6.07) is 2.17. The molecule has 1 amide bonds. The summed E-state index contributed by atoms with van der Waals surface area (Å²) >= 11 is 0. The molecule has 1 N–H and O–H groups in total. The Labute approximate surface area is 145 Å². The van der Waals surface area contributed by atoms with Gasteiger partial charge in [0.1, 0.15) is 11.6 Å². The number of ether oxygens (including phenoxy) is 2. The van der Waals surface area contributed by atoms with Crippen LogP contribution >= 0.6 is 0 Å². The van der Waals surface area contributed by atoms with Crippen LogP contribution in [0.25, 0.3) is 0 Å². The molecular formula is C17H30N4O3. The van der Waals surface area contributed by atoms with Gasteiger partial charge in [-0.1, -0.05) is 0 Å². The average Bonchev–Trinajstić information content (AvgIpc) is 2.58. The molecule has 0 radical (unpaired) electrons. The van der Waals surface area contributed by atoms with Crippen LogP contribution in [0.3, 0.4) is 0 Å². The zero-order valence-corrected chi connectivity index (χ0v) is 15.2. The minimum absolute atomic E-state index is 0.100. The third-order valence-corrected chi connectivity index (χ3v) is 4.14. The Bertz CT molecular complexity index is 447. The van der Waals surface area contributed by atoms with E-state index in [1.807, 2.05) is 19.9 Å². The zero-order chi connectivity index (χ0) is 17.9. The number of hydrogen-bond donors (Lipinski definition) is 1. The first-order valence-corrected chi connectivity index (χ1v) is 8.56. The van der Waals surface area contributed by atoms with E-state index in [9.17, 15) is 10.1 Å². The van der Waals surface area contributed by atoms with Crippen molar-refractivity contribution in [1.82, 2.24) is 15.1 Å². The molecule has 0 spiro atoms. The van der Waals surface area contributed by atoms with E-state index < -0.39 is 6.29 Å². The fraction of sp³-hybridized carbons (Fsp3) is 0.765. The summed E-state index contributed by atoms with van der Waals surface area (Å²) < 4.78 is 10.8. The van der Waals surface area contributed by atoms with Crippen molar-refractivity contribution in [2.24, 2.45) is 0 Å². The van der Waals surface area contributed by atoms with E-state index in [2.05, 4.69) is 17.3 Å². The normalized spacial score (nSPS) is 16.9. The highest BCUT2D eigenvalue weighted by Gasteiger charge is 2.25. The van der Waals surface area contributed by atoms with Gasteiger partial charge in [-0.15, -0.1) is 0 Å². The molecule has 1 rings (SSSR count). The highest BCUT2D eigenvalue weighted by molar-refractivity contribution is 5.97. The van der Waals surface area contributed by atoms with E-state index in [0.717, 1.165) is 25.9 Å². The minimum Gasteiger partial charge on any atom is -0.385 e. The smallest absolute Gasteiger partial charge is 0.265 e. The maximum absolute atomic E-state index is 12.5. The lowest BCUT2D eigenvalue weighted by Gasteiger charge is -2.35. The van der Waals surface area contributed by atoms with Gasteiger partial charge in [-0.3, -0.25) is 4.79 Å². The van der Waals surface area contributed by atoms with Crippen LogP contribution in [0.2, 0.25) is 0 Å². The van der Waals surface area contributed by atoms with Crippen molar-refractivity contribution in [1.29, 1.82) is 5.26 Å². The van der Waals surface area contributed by atoms with Gasteiger partial charge < -0.3 is 24.6 Å². The molecule has 24 heavy (non-hydrogen) atoms. The third kappa shape index (κ3) is 6.48. The van der Waals surface area contributed by atoms with Crippen molar-refractivity contribution < 1.29 is 14.3 Å². The van der Waals surface area contributed by atoms with Crippen LogP contribution in [0, 0.1) is 11.3 Å². The summed E-state index contributed by atoms with van der Waals surface area (Å²) in [5.74, 6) is -0.246. The Morgan fingerprint density at radius 3 is 2.46 bits per heavy atom. The van der Waals surface area contributed by atoms with E-state index in [-0.39, 0.29) is 17.5 Å². The van der Waals surface area contributed by atoms with Crippen LogP contribution in [-0.2, 0) is 14.3 Å². The quantitative estimate of drug-likeness (QED) is 0.383. The second-order valence-electron chi connectivity index (χ2n) is 5.87. The molecular weight excluding hydrogens is 308 g/mol. The maximum atomic E-state index is 12.5. The predicted octanol–water partition coefficient (Wildman–Crippen LogP) is 0.935. The number of carbonyl (C=O) groups is 1. The molecule has 0 unspecified atom stereocenters. The number of likely N-dealkylation sites (tertiary alicyclic amines) is 1. The van der Waals surface area contributed by atoms with E-state index in [4.69, 9.17) is 9.47 Å². The van der Waals surface area contributed by atoms with Crippen molar-refractivity contribution in [3.8, 4) is 6.07 Å². The first-order valence-electron chi connectivity index (χ1n) is 8.56. The number of hydrogen-bond acceptors (Lipinski definition) is 6. The maximum Gasteiger partial charge on any atom is 0.265 e. The number of rotatable bonds is 9. The van der Waals surface area contributed by atoms with E-state index >= 15 is 0 Å². The van der Waals surface area contributed by atoms with Crippen LogP contribution in [0.15, 0.2) is 11.8 Å². The van der Waals surface area contributed by atoms with Crippen molar-refractivity contribution in [2.75, 3.05) is 46.9 Å². The first kappa shape index (κ1) is 20.4. The Morgan fingerprint density at radius 2 is 1.96 bits per heavy atom. The fourth-order valence-corrected chi connectivity index (χ4v) is 2.67. The monoisotopic (exact) mass is 338 g/mol. The molecule has 0 aromatic rings. The molecule has 7 heteroatoms. The molecule has 0 aliphatic carbocycles. The number of nitrogens with one attached hydrogen (secondary N) is 1. The van der Waals surface area contributed by atoms with Gasteiger partial charge in [-0.2, -0.15) is 5.26 Å². The highest BCUT2D eigenvalue weighted by Crippen LogP contribution is 2.15. The number of piperidine rings is 1. The van der Waals surface area contributed by atoms with E-state index in [0.29, 0.717) is 19.8 Å². The topological polar surface area (TPSA) is 77.8 Å². The fourth-order valence-electron chi connectivity index (χ4n) is 2.67. The lowest BCUT2D eigenvalue weighted by molar-refractivity contribution is -0.132. The van der Waals surface area contributed by atoms with Gasteiger partial charge in [-0.25, -0.2) is 0 Å². The second-order valence-corrected chi connectivity index (χ2v) is 5.87. The Hall–Kier alpha value is -1.62. The molecule has 136 valence electrons. The molecule has 0 aromatic carbocycles. The van der Waals surface area contributed by atoms with Gasteiger partial charge in [0, 0.05) is 32.5 Å². The molecule has 0 atom stereocenters. The molecule has 0 bridgehead atoms. The van der Waals surface area contributed by atoms with Crippen LogP contribution < -0.4 is 5.32 Å². The number of nitriles is 1. The van der Waals surface area contributed by atoms with Gasteiger partial charge >= 0.3 is 0 Å². The van der Waals surface area contributed by atoms with Crippen molar-refractivity contribution in [3.63, 3.8) is 0 Å². The molecule has 0 aromatic heterocycles. The lowest BCUT2D eigenvalue weighted by atomic mass is 10.0. The van der Waals surface area contributed by atoms with E-state index in [1.54, 1.807) is 11.9 Å². The summed E-state index contributed by atoms with van der Waals surface area (Å²) in [4.78, 5) is 16.4. The number of likely N-dealkylation sites (N-methyl/N-ethyl adjacent to an activating group) is 1. The number of amides is 1. The molecule has 1 saturated heterocycles. The minimum atomic E-state index is -0.391. The molecule has 7 nitrogen and oxygen atoms in total. The summed E-state index contributed by atoms with van der Waals surface area (Å²) in [7, 11) is 3.85. The second kappa shape index (κ2) is 11.0. The van der Waals surface area contributed by atoms with Crippen molar-refractivity contribution >= 4 is 5.91 Å². The van der Waals surface area contributed by atoms with Gasteiger partial charge in [0.25, 0.3) is 5.91 Å². The summed E-state index contributed by atoms with van der Waals surface area (Å²) in [6.07, 6.45) is 2.93. The molecule has 0 saturated carbocycles. The van der Waals surface area contributed by atoms with Crippen LogP contribution in [0.4, 0.5) is 0 Å². The third-order valence-electron chi connectivity index (χ3n) is 4.14. The molecule has 1 aliphatic rings. The molecule has 1 heterocycles. The Balaban J connectivity index is 2.57. The Kier molecular flexibility index (Phi) is 9.38. The molecule has 1 fully saturated rings. The average molecular weight is 338 g/mol. The number of carbonyl (C=O) groups excluding carboxylic acids is 1. The van der Waals surface area contributed by atoms with Gasteiger partial charge in [0.2, 0.25) is 0 Å². The first-order chi connectivity index (χ1) is 11.5. The number of nitrogens with zero attached hydrogens (tertiary/aromatic N) is 3. The van der Waals surface area contributed by atoms with Crippen LogP contribution in [0.1, 0.15) is 26.7 Å². The Morgan fingerprint density at radius 1 is 1.38 bits per heavy atom. The van der Waals surface area contributed by atoms with Gasteiger partial charge in [-0.05, 0) is 46.8 Å². The summed E-state index contributed by atoms with van der Waals surface area (Å²) in [5, 5.41) is 12.2. The van der Waals surface area contributed by atoms with E-state index in [1.165, 1.54) is 6.20 Å². The van der Waals surface area contributed by atoms with Gasteiger partial charge in [0.15, 0.2) is 6.29 Å². The van der Waals surface area contributed by atoms with Crippen LogP contribution in [-0.4, -0.2) is 75.0 Å². The largest absolute Gasteiger partial charge is 0.385 e. The van der Waals surface area contributed by atoms with Gasteiger partial charge in [0.05, 0.1) is 6.54 Å². The lowest BCUT2D eigenvalue weighted by Crippen LogP contribution is -2.45. The standard InChI is InChI=1S/C17H30N4O3/c1-5-23-16(24-6-2)13-19-12-14(11-18)17(22)21(4)15-7-9-20(3)10-8-15/h12,15-16,19H,5-10,13H2,1-4H3/b14-12-. The predicted molar refractivity (Wildman–Crippen MR) is 92.0 cm³/mol. The molecule has 1 aliphatic heterocycles. The van der Waals surface area contributed by atoms with Crippen LogP contribution in [0.5, 0.6) is 0 Å². The summed E-state index contributed by atoms with van der Waals surface area (Å²) in [5.41, 5.74) is 0.100. The van der Waals surface area contributed by atoms with Crippen molar-refractivity contribution in [2.45, 2.75) is 39.0 Å². The SMILES string of the molecule is CCOC(CN/C=C(/C#N)C(=O)N(C)C1CCN(C)CC1)OCC. The summed E-state index contributed by atoms with van der Waals surface area (Å²) in [6.45, 7) is 7.19. The van der Waals surface area contributed by atoms with Crippen molar-refractivity contribution in [3.05, 3.63) is 11.8 Å².